The third-order valence-electron chi connectivity index (χ3n) is 3.76. The van der Waals surface area contributed by atoms with Gasteiger partial charge in [-0.2, -0.15) is 0 Å². The van der Waals surface area contributed by atoms with Crippen LogP contribution in [0.2, 0.25) is 0 Å². The fraction of sp³-hybridized carbons (Fsp3) is 0.235. The van der Waals surface area contributed by atoms with Crippen LogP contribution in [0.15, 0.2) is 53.4 Å². The van der Waals surface area contributed by atoms with Gasteiger partial charge in [0.15, 0.2) is 0 Å². The highest BCUT2D eigenvalue weighted by molar-refractivity contribution is 7.89. The van der Waals surface area contributed by atoms with E-state index < -0.39 is 20.0 Å². The summed E-state index contributed by atoms with van der Waals surface area (Å²) in [5, 5.41) is 2.72. The van der Waals surface area contributed by atoms with Crippen LogP contribution in [0.3, 0.4) is 0 Å². The van der Waals surface area contributed by atoms with Crippen LogP contribution in [0, 0.1) is 0 Å². The third kappa shape index (κ3) is 6.11. The Labute approximate surface area is 164 Å². The lowest BCUT2D eigenvalue weighted by Crippen LogP contribution is -2.24. The summed E-state index contributed by atoms with van der Waals surface area (Å²) < 4.78 is 48.9. The van der Waals surface area contributed by atoms with Crippen molar-refractivity contribution < 1.29 is 26.5 Å². The van der Waals surface area contributed by atoms with Gasteiger partial charge in [-0.1, -0.05) is 29.2 Å². The van der Waals surface area contributed by atoms with Crippen molar-refractivity contribution in [1.82, 2.24) is 14.9 Å². The van der Waals surface area contributed by atoms with Gasteiger partial charge in [0.25, 0.3) is 15.9 Å². The molecule has 0 heterocycles. The van der Waals surface area contributed by atoms with Gasteiger partial charge in [-0.15, -0.1) is 0 Å². The van der Waals surface area contributed by atoms with Crippen LogP contribution in [-0.2, 0) is 37.2 Å². The Morgan fingerprint density at radius 2 is 1.50 bits per heavy atom. The number of rotatable bonds is 9. The van der Waals surface area contributed by atoms with Gasteiger partial charge in [-0.25, -0.2) is 21.6 Å². The second kappa shape index (κ2) is 9.26. The van der Waals surface area contributed by atoms with Gasteiger partial charge in [-0.3, -0.25) is 9.63 Å². The van der Waals surface area contributed by atoms with Crippen LogP contribution >= 0.6 is 0 Å². The number of nitrogens with one attached hydrogen (secondary N) is 3. The van der Waals surface area contributed by atoms with E-state index >= 15 is 0 Å². The second-order valence-electron chi connectivity index (χ2n) is 5.78. The van der Waals surface area contributed by atoms with E-state index in [1.807, 2.05) is 4.89 Å². The van der Waals surface area contributed by atoms with Crippen molar-refractivity contribution in [2.24, 2.45) is 0 Å². The zero-order chi connectivity index (χ0) is 20.8. The van der Waals surface area contributed by atoms with E-state index in [4.69, 9.17) is 0 Å². The van der Waals surface area contributed by atoms with E-state index in [0.29, 0.717) is 11.1 Å². The topological polar surface area (TPSA) is 131 Å². The number of sulfonamides is 2. The lowest BCUT2D eigenvalue weighted by atomic mass is 10.1. The molecule has 9 nitrogen and oxygen atoms in total. The second-order valence-corrected chi connectivity index (χ2v) is 9.35. The number of hydrogen-bond donors (Lipinski definition) is 3. The maximum atomic E-state index is 12.2. The van der Waals surface area contributed by atoms with Crippen molar-refractivity contribution in [2.75, 3.05) is 14.2 Å². The molecule has 0 aliphatic heterocycles. The standard InChI is InChI=1S/C17H21N3O6S2/c1-18-27(22,23)12-14-5-3-13(4-6-14)11-19-17(21)15-7-9-16(10-8-15)28(24,25)20-26-2/h3-10,18,20H,11-12H2,1-2H3,(H,19,21). The molecule has 0 aromatic heterocycles. The van der Waals surface area contributed by atoms with E-state index in [2.05, 4.69) is 14.9 Å². The molecule has 0 fully saturated rings. The van der Waals surface area contributed by atoms with Crippen LogP contribution < -0.4 is 14.9 Å². The summed E-state index contributed by atoms with van der Waals surface area (Å²) in [5.41, 5.74) is 1.72. The van der Waals surface area contributed by atoms with E-state index in [1.54, 1.807) is 24.3 Å². The normalized spacial score (nSPS) is 11.9. The van der Waals surface area contributed by atoms with E-state index in [1.165, 1.54) is 38.4 Å². The number of benzene rings is 2. The zero-order valence-electron chi connectivity index (χ0n) is 15.3. The largest absolute Gasteiger partial charge is 0.348 e. The van der Waals surface area contributed by atoms with Gasteiger partial charge >= 0.3 is 0 Å². The van der Waals surface area contributed by atoms with Gasteiger partial charge in [0.1, 0.15) is 0 Å². The fourth-order valence-corrected chi connectivity index (χ4v) is 3.86. The zero-order valence-corrected chi connectivity index (χ0v) is 16.9. The summed E-state index contributed by atoms with van der Waals surface area (Å²) in [5.74, 6) is -0.492. The molecule has 1 amide bonds. The van der Waals surface area contributed by atoms with E-state index in [-0.39, 0.29) is 23.1 Å². The monoisotopic (exact) mass is 427 g/mol. The number of amides is 1. The van der Waals surface area contributed by atoms with Crippen LogP contribution in [-0.4, -0.2) is 36.9 Å². The van der Waals surface area contributed by atoms with Crippen molar-refractivity contribution in [3.8, 4) is 0 Å². The van der Waals surface area contributed by atoms with Crippen molar-refractivity contribution in [2.45, 2.75) is 17.2 Å². The molecule has 0 bridgehead atoms. The molecule has 0 radical (unpaired) electrons. The minimum atomic E-state index is -3.78. The Balaban J connectivity index is 1.97. The molecule has 0 saturated heterocycles. The fourth-order valence-electron chi connectivity index (χ4n) is 2.27. The molecular weight excluding hydrogens is 406 g/mol. The first-order valence-corrected chi connectivity index (χ1v) is 11.2. The molecule has 0 spiro atoms. The minimum Gasteiger partial charge on any atom is -0.348 e. The molecule has 3 N–H and O–H groups in total. The van der Waals surface area contributed by atoms with Gasteiger partial charge in [0.2, 0.25) is 10.0 Å². The molecule has 28 heavy (non-hydrogen) atoms. The molecule has 0 aliphatic rings. The SMILES string of the molecule is CNS(=O)(=O)Cc1ccc(CNC(=O)c2ccc(S(=O)(=O)NOC)cc2)cc1. The Morgan fingerprint density at radius 3 is 2.04 bits per heavy atom. The van der Waals surface area contributed by atoms with Crippen LogP contribution in [0.4, 0.5) is 0 Å². The van der Waals surface area contributed by atoms with Crippen molar-refractivity contribution in [1.29, 1.82) is 0 Å². The van der Waals surface area contributed by atoms with Gasteiger partial charge in [0, 0.05) is 12.1 Å². The van der Waals surface area contributed by atoms with Crippen LogP contribution in [0.1, 0.15) is 21.5 Å². The highest BCUT2D eigenvalue weighted by Gasteiger charge is 2.14. The molecule has 2 aromatic carbocycles. The lowest BCUT2D eigenvalue weighted by Gasteiger charge is -2.08. The molecule has 0 unspecified atom stereocenters. The number of hydrogen-bond acceptors (Lipinski definition) is 6. The maximum Gasteiger partial charge on any atom is 0.262 e. The predicted octanol–water partition coefficient (Wildman–Crippen LogP) is 0.506. The Hall–Kier alpha value is -2.31. The summed E-state index contributed by atoms with van der Waals surface area (Å²) >= 11 is 0. The molecule has 2 aromatic rings. The first kappa shape index (κ1) is 22.0. The summed E-state index contributed by atoms with van der Waals surface area (Å²) in [6, 6.07) is 12.2. The average molecular weight is 428 g/mol. The predicted molar refractivity (Wildman–Crippen MR) is 103 cm³/mol. The van der Waals surface area contributed by atoms with Gasteiger partial charge in [-0.05, 0) is 42.4 Å². The van der Waals surface area contributed by atoms with Crippen LogP contribution in [0.25, 0.3) is 0 Å². The van der Waals surface area contributed by atoms with Crippen molar-refractivity contribution in [3.63, 3.8) is 0 Å². The smallest absolute Gasteiger partial charge is 0.262 e. The minimum absolute atomic E-state index is 0.0296. The Bertz CT molecular complexity index is 1020. The molecular formula is C17H21N3O6S2. The van der Waals surface area contributed by atoms with E-state index in [0.717, 1.165) is 5.56 Å². The van der Waals surface area contributed by atoms with Gasteiger partial charge < -0.3 is 5.32 Å². The van der Waals surface area contributed by atoms with Gasteiger partial charge in [0.05, 0.1) is 17.8 Å². The summed E-state index contributed by atoms with van der Waals surface area (Å²) in [4.78, 5) is 18.5. The van der Waals surface area contributed by atoms with Crippen molar-refractivity contribution in [3.05, 3.63) is 65.2 Å². The Morgan fingerprint density at radius 1 is 0.929 bits per heavy atom. The Kier molecular flexibility index (Phi) is 7.27. The number of carbonyl (C=O) groups excluding carboxylic acids is 1. The summed E-state index contributed by atoms with van der Waals surface area (Å²) in [6.07, 6.45) is 0. The molecule has 0 atom stereocenters. The molecule has 0 saturated carbocycles. The molecule has 11 heteroatoms. The average Bonchev–Trinajstić information content (AvgIpc) is 2.67. The highest BCUT2D eigenvalue weighted by atomic mass is 32.2. The van der Waals surface area contributed by atoms with Crippen molar-refractivity contribution >= 4 is 26.0 Å². The number of carbonyl (C=O) groups is 1. The first-order chi connectivity index (χ1) is 13.2. The molecule has 2 rings (SSSR count). The lowest BCUT2D eigenvalue weighted by molar-refractivity contribution is 0.0951. The first-order valence-electron chi connectivity index (χ1n) is 8.09. The quantitative estimate of drug-likeness (QED) is 0.500. The summed E-state index contributed by atoms with van der Waals surface area (Å²) in [7, 11) is -4.58. The molecule has 152 valence electrons. The van der Waals surface area contributed by atoms with E-state index in [9.17, 15) is 21.6 Å². The summed E-state index contributed by atoms with van der Waals surface area (Å²) in [6.45, 7) is 0.239. The third-order valence-corrected chi connectivity index (χ3v) is 6.38. The maximum absolute atomic E-state index is 12.2. The molecule has 0 aliphatic carbocycles. The highest BCUT2D eigenvalue weighted by Crippen LogP contribution is 2.11. The van der Waals surface area contributed by atoms with Crippen LogP contribution in [0.5, 0.6) is 0 Å².